The summed E-state index contributed by atoms with van der Waals surface area (Å²) in [6, 6.07) is 0. The topological polar surface area (TPSA) is 20.2 Å². The molecule has 0 rings (SSSR count). The van der Waals surface area contributed by atoms with Crippen molar-refractivity contribution in [2.24, 2.45) is 0 Å². The van der Waals surface area contributed by atoms with Gasteiger partial charge in [0.1, 0.15) is 0 Å². The van der Waals surface area contributed by atoms with Crippen LogP contribution in [-0.4, -0.2) is 17.5 Å². The summed E-state index contributed by atoms with van der Waals surface area (Å²) in [5.74, 6) is 0.569. The number of aliphatic hydroxyl groups is 1. The second-order valence-electron chi connectivity index (χ2n) is 1.45. The lowest BCUT2D eigenvalue weighted by atomic mass is 10.4. The molecule has 0 fully saturated rings. The summed E-state index contributed by atoms with van der Waals surface area (Å²) in [6.07, 6.45) is 2.64. The lowest BCUT2D eigenvalue weighted by Crippen LogP contribution is -1.76. The molecular weight excluding hydrogens is 120 g/mol. The van der Waals surface area contributed by atoms with E-state index in [1.165, 1.54) is 12.8 Å². The molecular formula is C6H16OS. The Labute approximate surface area is 57.5 Å². The Morgan fingerprint density at radius 1 is 1.25 bits per heavy atom. The van der Waals surface area contributed by atoms with Crippen LogP contribution in [0.5, 0.6) is 0 Å². The molecule has 0 aliphatic heterocycles. The Hall–Kier alpha value is 0.310. The summed E-state index contributed by atoms with van der Waals surface area (Å²) < 4.78 is 0. The first kappa shape index (κ1) is 11.2. The minimum Gasteiger partial charge on any atom is -0.396 e. The second kappa shape index (κ2) is 15.7. The van der Waals surface area contributed by atoms with Crippen LogP contribution in [-0.2, 0) is 0 Å². The predicted molar refractivity (Wildman–Crippen MR) is 41.5 cm³/mol. The Kier molecular flexibility index (Phi) is 21.8. The van der Waals surface area contributed by atoms with Gasteiger partial charge in [-0.15, -0.1) is 0 Å². The SMILES string of the molecule is CCCC.OCCS. The number of thiol groups is 1. The molecule has 0 amide bonds. The predicted octanol–water partition coefficient (Wildman–Crippen LogP) is 1.71. The summed E-state index contributed by atoms with van der Waals surface area (Å²) in [4.78, 5) is 0. The fourth-order valence-electron chi connectivity index (χ4n) is 0. The van der Waals surface area contributed by atoms with E-state index in [-0.39, 0.29) is 6.61 Å². The van der Waals surface area contributed by atoms with Gasteiger partial charge in [0, 0.05) is 5.75 Å². The zero-order valence-electron chi connectivity index (χ0n) is 5.72. The van der Waals surface area contributed by atoms with Crippen molar-refractivity contribution in [3.8, 4) is 0 Å². The highest BCUT2D eigenvalue weighted by molar-refractivity contribution is 7.80. The van der Waals surface area contributed by atoms with Crippen molar-refractivity contribution in [3.05, 3.63) is 0 Å². The van der Waals surface area contributed by atoms with Gasteiger partial charge in [0.15, 0.2) is 0 Å². The zero-order chi connectivity index (χ0) is 6.83. The van der Waals surface area contributed by atoms with Crippen LogP contribution in [0, 0.1) is 0 Å². The Balaban J connectivity index is 0. The number of unbranched alkanes of at least 4 members (excludes halogenated alkanes) is 1. The monoisotopic (exact) mass is 136 g/mol. The van der Waals surface area contributed by atoms with Gasteiger partial charge in [-0.2, -0.15) is 12.6 Å². The maximum Gasteiger partial charge on any atom is 0.0519 e. The van der Waals surface area contributed by atoms with Gasteiger partial charge in [-0.1, -0.05) is 26.7 Å². The average molecular weight is 136 g/mol. The highest BCUT2D eigenvalue weighted by Crippen LogP contribution is 1.76. The van der Waals surface area contributed by atoms with E-state index in [1.807, 2.05) is 0 Å². The molecule has 0 aliphatic rings. The van der Waals surface area contributed by atoms with Crippen molar-refractivity contribution in [3.63, 3.8) is 0 Å². The third kappa shape index (κ3) is 33.3. The molecule has 0 unspecified atom stereocenters. The highest BCUT2D eigenvalue weighted by Gasteiger charge is 1.57. The third-order valence-electron chi connectivity index (χ3n) is 0.600. The maximum absolute atomic E-state index is 7.80. The molecule has 2 heteroatoms. The average Bonchev–Trinajstić information content (AvgIpc) is 1.88. The van der Waals surface area contributed by atoms with Gasteiger partial charge in [0.05, 0.1) is 6.61 Å². The molecule has 0 aromatic carbocycles. The minimum absolute atomic E-state index is 0.184. The fraction of sp³-hybridized carbons (Fsp3) is 1.00. The van der Waals surface area contributed by atoms with Crippen molar-refractivity contribution >= 4 is 12.6 Å². The molecule has 0 aliphatic carbocycles. The standard InChI is InChI=1S/C4H10.C2H6OS/c1-3-4-2;3-1-2-4/h3-4H2,1-2H3;3-4H,1-2H2. The van der Waals surface area contributed by atoms with Crippen molar-refractivity contribution in [2.45, 2.75) is 26.7 Å². The van der Waals surface area contributed by atoms with Gasteiger partial charge in [-0.3, -0.25) is 0 Å². The second-order valence-corrected chi connectivity index (χ2v) is 1.89. The van der Waals surface area contributed by atoms with Crippen LogP contribution in [0.4, 0.5) is 0 Å². The largest absolute Gasteiger partial charge is 0.396 e. The smallest absolute Gasteiger partial charge is 0.0519 e. The van der Waals surface area contributed by atoms with E-state index >= 15 is 0 Å². The number of hydrogen-bond acceptors (Lipinski definition) is 2. The molecule has 0 bridgehead atoms. The van der Waals surface area contributed by atoms with E-state index in [1.54, 1.807) is 0 Å². The first-order valence-electron chi connectivity index (χ1n) is 3.05. The molecule has 0 heterocycles. The van der Waals surface area contributed by atoms with Crippen LogP contribution in [0.25, 0.3) is 0 Å². The molecule has 52 valence electrons. The van der Waals surface area contributed by atoms with E-state index < -0.39 is 0 Å². The molecule has 1 N–H and O–H groups in total. The van der Waals surface area contributed by atoms with Crippen LogP contribution in [0.3, 0.4) is 0 Å². The summed E-state index contributed by atoms with van der Waals surface area (Å²) in [5.41, 5.74) is 0. The van der Waals surface area contributed by atoms with E-state index in [0.717, 1.165) is 0 Å². The lowest BCUT2D eigenvalue weighted by molar-refractivity contribution is 0.323. The Morgan fingerprint density at radius 2 is 1.50 bits per heavy atom. The lowest BCUT2D eigenvalue weighted by Gasteiger charge is -1.69. The molecule has 0 radical (unpaired) electrons. The van der Waals surface area contributed by atoms with Crippen molar-refractivity contribution in [1.82, 2.24) is 0 Å². The maximum atomic E-state index is 7.80. The first-order chi connectivity index (χ1) is 3.83. The molecule has 0 saturated heterocycles. The van der Waals surface area contributed by atoms with Gasteiger partial charge in [-0.05, 0) is 0 Å². The first-order valence-corrected chi connectivity index (χ1v) is 3.68. The van der Waals surface area contributed by atoms with Crippen LogP contribution in [0.2, 0.25) is 0 Å². The summed E-state index contributed by atoms with van der Waals surface area (Å²) in [5, 5.41) is 7.80. The summed E-state index contributed by atoms with van der Waals surface area (Å²) in [7, 11) is 0. The molecule has 1 nitrogen and oxygen atoms in total. The Morgan fingerprint density at radius 3 is 1.50 bits per heavy atom. The van der Waals surface area contributed by atoms with Crippen LogP contribution in [0.1, 0.15) is 26.7 Å². The highest BCUT2D eigenvalue weighted by atomic mass is 32.1. The van der Waals surface area contributed by atoms with E-state index in [4.69, 9.17) is 5.11 Å². The number of hydrogen-bond donors (Lipinski definition) is 2. The molecule has 0 atom stereocenters. The number of rotatable bonds is 2. The summed E-state index contributed by atoms with van der Waals surface area (Å²) in [6.45, 7) is 4.54. The van der Waals surface area contributed by atoms with Crippen molar-refractivity contribution < 1.29 is 5.11 Å². The normalized spacial score (nSPS) is 7.50. The molecule has 8 heavy (non-hydrogen) atoms. The quantitative estimate of drug-likeness (QED) is 0.554. The van der Waals surface area contributed by atoms with Gasteiger partial charge in [0.25, 0.3) is 0 Å². The van der Waals surface area contributed by atoms with Gasteiger partial charge in [-0.25, -0.2) is 0 Å². The van der Waals surface area contributed by atoms with Crippen LogP contribution in [0.15, 0.2) is 0 Å². The van der Waals surface area contributed by atoms with Gasteiger partial charge < -0.3 is 5.11 Å². The Bertz CT molecular complexity index is 16.5. The zero-order valence-corrected chi connectivity index (χ0v) is 6.62. The van der Waals surface area contributed by atoms with Crippen molar-refractivity contribution in [1.29, 1.82) is 0 Å². The van der Waals surface area contributed by atoms with E-state index in [2.05, 4.69) is 26.5 Å². The van der Waals surface area contributed by atoms with Gasteiger partial charge >= 0.3 is 0 Å². The van der Waals surface area contributed by atoms with Crippen molar-refractivity contribution in [2.75, 3.05) is 12.4 Å². The molecule has 0 saturated carbocycles. The third-order valence-corrected chi connectivity index (χ3v) is 0.800. The van der Waals surface area contributed by atoms with E-state index in [0.29, 0.717) is 5.75 Å². The summed E-state index contributed by atoms with van der Waals surface area (Å²) >= 11 is 3.67. The molecule has 0 aromatic heterocycles. The fourth-order valence-corrected chi connectivity index (χ4v) is 0. The van der Waals surface area contributed by atoms with E-state index in [9.17, 15) is 0 Å². The number of aliphatic hydroxyl groups excluding tert-OH is 1. The molecule has 0 spiro atoms. The van der Waals surface area contributed by atoms with Crippen LogP contribution < -0.4 is 0 Å². The van der Waals surface area contributed by atoms with Gasteiger partial charge in [0.2, 0.25) is 0 Å². The van der Waals surface area contributed by atoms with Crippen LogP contribution >= 0.6 is 12.6 Å². The minimum atomic E-state index is 0.184. The molecule has 0 aromatic rings.